The highest BCUT2D eigenvalue weighted by Gasteiger charge is 2.14. The van der Waals surface area contributed by atoms with Gasteiger partial charge in [0.1, 0.15) is 0 Å². The number of benzene rings is 2. The van der Waals surface area contributed by atoms with E-state index in [2.05, 4.69) is 5.32 Å². The number of nitrogens with zero attached hydrogens (tertiary/aromatic N) is 1. The van der Waals surface area contributed by atoms with Gasteiger partial charge in [0, 0.05) is 17.3 Å². The van der Waals surface area contributed by atoms with Gasteiger partial charge >= 0.3 is 0 Å². The van der Waals surface area contributed by atoms with Crippen molar-refractivity contribution < 1.29 is 14.1 Å². The molecule has 2 aromatic rings. The molecule has 0 radical (unpaired) electrons. The molecule has 0 atom stereocenters. The third-order valence-corrected chi connectivity index (χ3v) is 2.94. The summed E-state index contributed by atoms with van der Waals surface area (Å²) in [5.41, 5.74) is 6.75. The van der Waals surface area contributed by atoms with Gasteiger partial charge in [0.25, 0.3) is 11.6 Å². The van der Waals surface area contributed by atoms with Crippen LogP contribution in [0.4, 0.5) is 21.5 Å². The number of nitrogens with one attached hydrogen (secondary N) is 1. The molecule has 2 aromatic carbocycles. The van der Waals surface area contributed by atoms with Crippen molar-refractivity contribution in [3.63, 3.8) is 0 Å². The van der Waals surface area contributed by atoms with Gasteiger partial charge in [-0.2, -0.15) is 0 Å². The van der Waals surface area contributed by atoms with Crippen LogP contribution >= 0.6 is 0 Å². The Morgan fingerprint density at radius 2 is 2.00 bits per heavy atom. The molecule has 0 heterocycles. The number of nitrogen functional groups attached to an aromatic ring is 1. The van der Waals surface area contributed by atoms with Gasteiger partial charge < -0.3 is 11.1 Å². The molecule has 0 aliphatic carbocycles. The number of non-ortho nitro benzene ring substituents is 1. The monoisotopic (exact) mass is 289 g/mol. The van der Waals surface area contributed by atoms with Gasteiger partial charge in [-0.05, 0) is 36.8 Å². The number of anilines is 2. The van der Waals surface area contributed by atoms with Crippen LogP contribution in [0.3, 0.4) is 0 Å². The number of aryl methyl sites for hydroxylation is 1. The predicted molar refractivity (Wildman–Crippen MR) is 76.6 cm³/mol. The van der Waals surface area contributed by atoms with Crippen LogP contribution in [0, 0.1) is 22.9 Å². The largest absolute Gasteiger partial charge is 0.399 e. The van der Waals surface area contributed by atoms with Crippen molar-refractivity contribution in [3.8, 4) is 0 Å². The van der Waals surface area contributed by atoms with Crippen molar-refractivity contribution in [1.29, 1.82) is 0 Å². The fraction of sp³-hybridized carbons (Fsp3) is 0.0714. The zero-order valence-corrected chi connectivity index (χ0v) is 11.1. The molecule has 6 nitrogen and oxygen atoms in total. The van der Waals surface area contributed by atoms with E-state index in [9.17, 15) is 19.3 Å². The number of hydrogen-bond donors (Lipinski definition) is 2. The van der Waals surface area contributed by atoms with Crippen molar-refractivity contribution in [3.05, 3.63) is 63.5 Å². The fourth-order valence-corrected chi connectivity index (χ4v) is 1.73. The van der Waals surface area contributed by atoms with Crippen LogP contribution in [0.25, 0.3) is 0 Å². The SMILES string of the molecule is Cc1cc(C(=O)Nc2ccc([N+](=O)[O-])cc2F)ccc1N. The summed E-state index contributed by atoms with van der Waals surface area (Å²) >= 11 is 0. The molecule has 0 saturated heterocycles. The van der Waals surface area contributed by atoms with Crippen LogP contribution in [0.15, 0.2) is 36.4 Å². The van der Waals surface area contributed by atoms with Gasteiger partial charge in [-0.1, -0.05) is 0 Å². The Kier molecular flexibility index (Phi) is 3.84. The van der Waals surface area contributed by atoms with E-state index in [1.54, 1.807) is 19.1 Å². The third kappa shape index (κ3) is 3.14. The van der Waals surface area contributed by atoms with Crippen LogP contribution in [-0.2, 0) is 0 Å². The van der Waals surface area contributed by atoms with E-state index in [-0.39, 0.29) is 11.4 Å². The summed E-state index contributed by atoms with van der Waals surface area (Å²) in [5, 5.41) is 12.9. The lowest BCUT2D eigenvalue weighted by atomic mass is 10.1. The standard InChI is InChI=1S/C14H12FN3O3/c1-8-6-9(2-4-12(8)16)14(19)17-13-5-3-10(18(20)21)7-11(13)15/h2-7H,16H2,1H3,(H,17,19). The van der Waals surface area contributed by atoms with Gasteiger partial charge in [0.15, 0.2) is 5.82 Å². The maximum absolute atomic E-state index is 13.7. The number of hydrogen-bond acceptors (Lipinski definition) is 4. The number of nitro groups is 1. The molecule has 1 amide bonds. The van der Waals surface area contributed by atoms with Crippen LogP contribution in [0.2, 0.25) is 0 Å². The molecule has 7 heteroatoms. The Balaban J connectivity index is 2.23. The van der Waals surface area contributed by atoms with E-state index in [0.717, 1.165) is 23.8 Å². The molecular formula is C14H12FN3O3. The van der Waals surface area contributed by atoms with Crippen molar-refractivity contribution >= 4 is 23.0 Å². The molecule has 2 rings (SSSR count). The number of nitro benzene ring substituents is 1. The first-order chi connectivity index (χ1) is 9.88. The van der Waals surface area contributed by atoms with Crippen LogP contribution < -0.4 is 11.1 Å². The zero-order valence-electron chi connectivity index (χ0n) is 11.1. The lowest BCUT2D eigenvalue weighted by Gasteiger charge is -2.08. The number of carbonyl (C=O) groups is 1. The summed E-state index contributed by atoms with van der Waals surface area (Å²) in [4.78, 5) is 21.8. The highest BCUT2D eigenvalue weighted by Crippen LogP contribution is 2.21. The van der Waals surface area contributed by atoms with Crippen molar-refractivity contribution in [2.75, 3.05) is 11.1 Å². The summed E-state index contributed by atoms with van der Waals surface area (Å²) in [6.45, 7) is 1.75. The van der Waals surface area contributed by atoms with Gasteiger partial charge in [-0.3, -0.25) is 14.9 Å². The highest BCUT2D eigenvalue weighted by atomic mass is 19.1. The van der Waals surface area contributed by atoms with Gasteiger partial charge in [0.05, 0.1) is 16.7 Å². The third-order valence-electron chi connectivity index (χ3n) is 2.94. The first kappa shape index (κ1) is 14.4. The number of amides is 1. The minimum atomic E-state index is -0.871. The van der Waals surface area contributed by atoms with Crippen LogP contribution in [-0.4, -0.2) is 10.8 Å². The molecule has 0 aliphatic heterocycles. The molecule has 0 aromatic heterocycles. The van der Waals surface area contributed by atoms with E-state index in [1.165, 1.54) is 6.07 Å². The molecule has 0 fully saturated rings. The van der Waals surface area contributed by atoms with E-state index in [0.29, 0.717) is 11.3 Å². The molecule has 21 heavy (non-hydrogen) atoms. The number of rotatable bonds is 3. The first-order valence-electron chi connectivity index (χ1n) is 6.00. The zero-order chi connectivity index (χ0) is 15.6. The van der Waals surface area contributed by atoms with E-state index in [4.69, 9.17) is 5.73 Å². The molecule has 3 N–H and O–H groups in total. The van der Waals surface area contributed by atoms with Gasteiger partial charge in [-0.15, -0.1) is 0 Å². The fourth-order valence-electron chi connectivity index (χ4n) is 1.73. The molecular weight excluding hydrogens is 277 g/mol. The Labute approximate surface area is 119 Å². The Morgan fingerprint density at radius 1 is 1.29 bits per heavy atom. The molecule has 0 bridgehead atoms. The lowest BCUT2D eigenvalue weighted by Crippen LogP contribution is -2.13. The summed E-state index contributed by atoms with van der Waals surface area (Å²) in [5.74, 6) is -1.39. The smallest absolute Gasteiger partial charge is 0.272 e. The second-order valence-electron chi connectivity index (χ2n) is 4.45. The van der Waals surface area contributed by atoms with Crippen molar-refractivity contribution in [2.45, 2.75) is 6.92 Å². The number of carbonyl (C=O) groups excluding carboxylic acids is 1. The molecule has 108 valence electrons. The number of halogens is 1. The van der Waals surface area contributed by atoms with E-state index >= 15 is 0 Å². The van der Waals surface area contributed by atoms with Gasteiger partial charge in [-0.25, -0.2) is 4.39 Å². The molecule has 0 saturated carbocycles. The quantitative estimate of drug-likeness (QED) is 0.515. The Morgan fingerprint density at radius 3 is 2.57 bits per heavy atom. The van der Waals surface area contributed by atoms with E-state index in [1.807, 2.05) is 0 Å². The molecule has 0 aliphatic rings. The first-order valence-corrected chi connectivity index (χ1v) is 6.00. The highest BCUT2D eigenvalue weighted by molar-refractivity contribution is 6.04. The lowest BCUT2D eigenvalue weighted by molar-refractivity contribution is -0.385. The topological polar surface area (TPSA) is 98.3 Å². The summed E-state index contributed by atoms with van der Waals surface area (Å²) < 4.78 is 13.7. The molecule has 0 spiro atoms. The number of nitrogens with two attached hydrogens (primary N) is 1. The molecule has 0 unspecified atom stereocenters. The van der Waals surface area contributed by atoms with Crippen molar-refractivity contribution in [1.82, 2.24) is 0 Å². The summed E-state index contributed by atoms with van der Waals surface area (Å²) in [6.07, 6.45) is 0. The van der Waals surface area contributed by atoms with E-state index < -0.39 is 16.6 Å². The Hall–Kier alpha value is -2.96. The predicted octanol–water partition coefficient (Wildman–Crippen LogP) is 2.88. The van der Waals surface area contributed by atoms with Crippen molar-refractivity contribution in [2.24, 2.45) is 0 Å². The second kappa shape index (κ2) is 5.58. The maximum Gasteiger partial charge on any atom is 0.272 e. The Bertz CT molecular complexity index is 731. The average Bonchev–Trinajstić information content (AvgIpc) is 2.43. The summed E-state index contributed by atoms with van der Waals surface area (Å²) in [7, 11) is 0. The average molecular weight is 289 g/mol. The second-order valence-corrected chi connectivity index (χ2v) is 4.45. The summed E-state index contributed by atoms with van der Waals surface area (Å²) in [6, 6.07) is 7.69. The minimum Gasteiger partial charge on any atom is -0.399 e. The normalized spacial score (nSPS) is 10.2. The minimum absolute atomic E-state index is 0.125. The van der Waals surface area contributed by atoms with Gasteiger partial charge in [0.2, 0.25) is 0 Å². The maximum atomic E-state index is 13.7. The van der Waals surface area contributed by atoms with Crippen LogP contribution in [0.5, 0.6) is 0 Å². The van der Waals surface area contributed by atoms with Crippen LogP contribution in [0.1, 0.15) is 15.9 Å².